The van der Waals surface area contributed by atoms with Crippen molar-refractivity contribution in [1.29, 1.82) is 0 Å². The Morgan fingerprint density at radius 1 is 0.938 bits per heavy atom. The van der Waals surface area contributed by atoms with E-state index in [1.54, 1.807) is 0 Å². The standard InChI is InChI=1S/C11H25NO4/c1-3-9(2)4-12(5-10(15)7-13)6-11(16)8-14/h9-11,13-16H,3-8H2,1-2H3. The molecule has 0 aliphatic heterocycles. The van der Waals surface area contributed by atoms with Crippen LogP contribution in [0.2, 0.25) is 0 Å². The zero-order chi connectivity index (χ0) is 12.6. The van der Waals surface area contributed by atoms with E-state index in [0.717, 1.165) is 13.0 Å². The van der Waals surface area contributed by atoms with Crippen LogP contribution in [0.1, 0.15) is 20.3 Å². The summed E-state index contributed by atoms with van der Waals surface area (Å²) in [6.07, 6.45) is -0.578. The lowest BCUT2D eigenvalue weighted by molar-refractivity contribution is 0.0186. The third kappa shape index (κ3) is 7.14. The van der Waals surface area contributed by atoms with Crippen molar-refractivity contribution in [3.05, 3.63) is 0 Å². The van der Waals surface area contributed by atoms with Crippen molar-refractivity contribution in [3.8, 4) is 0 Å². The van der Waals surface area contributed by atoms with Crippen molar-refractivity contribution in [2.45, 2.75) is 32.5 Å². The fraction of sp³-hybridized carbons (Fsp3) is 1.00. The number of aliphatic hydroxyl groups is 4. The second-order valence-corrected chi connectivity index (χ2v) is 4.40. The molecule has 0 saturated carbocycles. The van der Waals surface area contributed by atoms with Gasteiger partial charge in [-0.05, 0) is 5.92 Å². The summed E-state index contributed by atoms with van der Waals surface area (Å²) in [5.41, 5.74) is 0. The third-order valence-corrected chi connectivity index (χ3v) is 2.63. The quantitative estimate of drug-likeness (QED) is 0.414. The maximum Gasteiger partial charge on any atom is 0.0897 e. The first-order chi connectivity index (χ1) is 7.53. The minimum absolute atomic E-state index is 0.285. The normalized spacial score (nSPS) is 17.4. The molecule has 4 N–H and O–H groups in total. The third-order valence-electron chi connectivity index (χ3n) is 2.63. The smallest absolute Gasteiger partial charge is 0.0897 e. The van der Waals surface area contributed by atoms with Crippen LogP contribution in [-0.2, 0) is 0 Å². The highest BCUT2D eigenvalue weighted by molar-refractivity contribution is 4.70. The first-order valence-electron chi connectivity index (χ1n) is 5.83. The molecule has 5 nitrogen and oxygen atoms in total. The number of hydrogen-bond donors (Lipinski definition) is 4. The van der Waals surface area contributed by atoms with Crippen molar-refractivity contribution in [3.63, 3.8) is 0 Å². The Balaban J connectivity index is 4.15. The molecule has 0 bridgehead atoms. The number of aliphatic hydroxyl groups excluding tert-OH is 4. The largest absolute Gasteiger partial charge is 0.394 e. The topological polar surface area (TPSA) is 84.2 Å². The predicted molar refractivity (Wildman–Crippen MR) is 62.1 cm³/mol. The van der Waals surface area contributed by atoms with Gasteiger partial charge in [0.1, 0.15) is 0 Å². The van der Waals surface area contributed by atoms with E-state index in [1.807, 2.05) is 4.90 Å². The average molecular weight is 235 g/mol. The zero-order valence-electron chi connectivity index (χ0n) is 10.2. The van der Waals surface area contributed by atoms with Gasteiger partial charge >= 0.3 is 0 Å². The van der Waals surface area contributed by atoms with Gasteiger partial charge in [-0.3, -0.25) is 4.90 Å². The Labute approximate surface area is 97.3 Å². The van der Waals surface area contributed by atoms with Gasteiger partial charge in [0.25, 0.3) is 0 Å². The maximum absolute atomic E-state index is 9.36. The molecule has 0 radical (unpaired) electrons. The predicted octanol–water partition coefficient (Wildman–Crippen LogP) is -0.959. The number of rotatable bonds is 9. The van der Waals surface area contributed by atoms with Crippen LogP contribution >= 0.6 is 0 Å². The van der Waals surface area contributed by atoms with Gasteiger partial charge in [0, 0.05) is 19.6 Å². The molecule has 0 aliphatic rings. The Morgan fingerprint density at radius 2 is 1.38 bits per heavy atom. The zero-order valence-corrected chi connectivity index (χ0v) is 10.2. The monoisotopic (exact) mass is 235 g/mol. The Kier molecular flexibility index (Phi) is 8.78. The van der Waals surface area contributed by atoms with Crippen LogP contribution < -0.4 is 0 Å². The van der Waals surface area contributed by atoms with Gasteiger partial charge in [-0.2, -0.15) is 0 Å². The van der Waals surface area contributed by atoms with Gasteiger partial charge in [0.05, 0.1) is 25.4 Å². The van der Waals surface area contributed by atoms with Crippen molar-refractivity contribution >= 4 is 0 Å². The number of hydrogen-bond acceptors (Lipinski definition) is 5. The molecule has 0 aromatic rings. The van der Waals surface area contributed by atoms with Gasteiger partial charge in [-0.1, -0.05) is 20.3 Å². The molecular weight excluding hydrogens is 210 g/mol. The lowest BCUT2D eigenvalue weighted by atomic mass is 10.1. The average Bonchev–Trinajstić information content (AvgIpc) is 2.28. The lowest BCUT2D eigenvalue weighted by Gasteiger charge is -2.28. The SMILES string of the molecule is CCC(C)CN(CC(O)CO)CC(O)CO. The molecule has 3 unspecified atom stereocenters. The summed E-state index contributed by atoms with van der Waals surface area (Å²) in [6.45, 7) is 4.97. The molecule has 0 aliphatic carbocycles. The Morgan fingerprint density at radius 3 is 1.69 bits per heavy atom. The fourth-order valence-corrected chi connectivity index (χ4v) is 1.51. The van der Waals surface area contributed by atoms with Crippen LogP contribution in [0.25, 0.3) is 0 Å². The van der Waals surface area contributed by atoms with E-state index >= 15 is 0 Å². The summed E-state index contributed by atoms with van der Waals surface area (Å²) in [5, 5.41) is 36.3. The molecule has 5 heteroatoms. The van der Waals surface area contributed by atoms with Gasteiger partial charge in [0.15, 0.2) is 0 Å². The highest BCUT2D eigenvalue weighted by Gasteiger charge is 2.16. The molecule has 98 valence electrons. The fourth-order valence-electron chi connectivity index (χ4n) is 1.51. The molecule has 0 aromatic carbocycles. The molecule has 0 aromatic heterocycles. The summed E-state index contributed by atoms with van der Waals surface area (Å²) in [6, 6.07) is 0. The minimum atomic E-state index is -0.796. The van der Waals surface area contributed by atoms with Crippen LogP contribution in [0.15, 0.2) is 0 Å². The molecule has 0 amide bonds. The van der Waals surface area contributed by atoms with Gasteiger partial charge in [-0.25, -0.2) is 0 Å². The molecule has 0 fully saturated rings. The molecule has 0 spiro atoms. The summed E-state index contributed by atoms with van der Waals surface area (Å²) in [7, 11) is 0. The number of nitrogens with zero attached hydrogens (tertiary/aromatic N) is 1. The van der Waals surface area contributed by atoms with E-state index in [2.05, 4.69) is 13.8 Å². The summed E-state index contributed by atoms with van der Waals surface area (Å²) >= 11 is 0. The van der Waals surface area contributed by atoms with Crippen molar-refractivity contribution in [1.82, 2.24) is 4.90 Å². The summed E-state index contributed by atoms with van der Waals surface area (Å²) in [5.74, 6) is 0.455. The summed E-state index contributed by atoms with van der Waals surface area (Å²) in [4.78, 5) is 1.87. The van der Waals surface area contributed by atoms with E-state index in [0.29, 0.717) is 19.0 Å². The minimum Gasteiger partial charge on any atom is -0.394 e. The highest BCUT2D eigenvalue weighted by atomic mass is 16.3. The van der Waals surface area contributed by atoms with Crippen LogP contribution in [0.5, 0.6) is 0 Å². The molecule has 0 heterocycles. The summed E-state index contributed by atoms with van der Waals surface area (Å²) < 4.78 is 0. The van der Waals surface area contributed by atoms with E-state index in [1.165, 1.54) is 0 Å². The van der Waals surface area contributed by atoms with Crippen LogP contribution in [0.3, 0.4) is 0 Å². The molecule has 16 heavy (non-hydrogen) atoms. The van der Waals surface area contributed by atoms with Gasteiger partial charge < -0.3 is 20.4 Å². The molecule has 0 rings (SSSR count). The Bertz CT molecular complexity index is 140. The van der Waals surface area contributed by atoms with Gasteiger partial charge in [0.2, 0.25) is 0 Å². The Hall–Kier alpha value is -0.200. The van der Waals surface area contributed by atoms with Crippen molar-refractivity contribution < 1.29 is 20.4 Å². The lowest BCUT2D eigenvalue weighted by Crippen LogP contribution is -2.42. The highest BCUT2D eigenvalue weighted by Crippen LogP contribution is 2.06. The van der Waals surface area contributed by atoms with Crippen LogP contribution in [-0.4, -0.2) is 70.4 Å². The second kappa shape index (κ2) is 8.90. The van der Waals surface area contributed by atoms with E-state index < -0.39 is 12.2 Å². The first kappa shape index (κ1) is 15.8. The van der Waals surface area contributed by atoms with E-state index in [4.69, 9.17) is 10.2 Å². The molecule has 0 saturated heterocycles. The van der Waals surface area contributed by atoms with E-state index in [-0.39, 0.29) is 13.2 Å². The van der Waals surface area contributed by atoms with Crippen molar-refractivity contribution in [2.24, 2.45) is 5.92 Å². The second-order valence-electron chi connectivity index (χ2n) is 4.40. The van der Waals surface area contributed by atoms with E-state index in [9.17, 15) is 10.2 Å². The molecule has 3 atom stereocenters. The van der Waals surface area contributed by atoms with Crippen LogP contribution in [0, 0.1) is 5.92 Å². The van der Waals surface area contributed by atoms with Crippen molar-refractivity contribution in [2.75, 3.05) is 32.8 Å². The molecular formula is C11H25NO4. The first-order valence-corrected chi connectivity index (χ1v) is 5.83. The maximum atomic E-state index is 9.36. The van der Waals surface area contributed by atoms with Crippen LogP contribution in [0.4, 0.5) is 0 Å². The van der Waals surface area contributed by atoms with Gasteiger partial charge in [-0.15, -0.1) is 0 Å².